The number of nitrogens with zero attached hydrogens (tertiary/aromatic N) is 4. The molecule has 2 aromatic rings. The number of aromatic nitrogens is 3. The summed E-state index contributed by atoms with van der Waals surface area (Å²) in [5, 5.41) is 0.240. The molecule has 2 aliphatic rings. The Labute approximate surface area is 177 Å². The summed E-state index contributed by atoms with van der Waals surface area (Å²) in [6.07, 6.45) is 4.06. The molecule has 1 saturated carbocycles. The predicted molar refractivity (Wildman–Crippen MR) is 108 cm³/mol. The van der Waals surface area contributed by atoms with Gasteiger partial charge in [0.15, 0.2) is 11.5 Å². The third-order valence-electron chi connectivity index (χ3n) is 6.14. The van der Waals surface area contributed by atoms with Crippen molar-refractivity contribution in [2.75, 3.05) is 30.8 Å². The van der Waals surface area contributed by atoms with Gasteiger partial charge in [-0.1, -0.05) is 11.8 Å². The molecule has 0 unspecified atom stereocenters. The van der Waals surface area contributed by atoms with E-state index in [9.17, 15) is 13.2 Å². The van der Waals surface area contributed by atoms with Crippen molar-refractivity contribution in [1.29, 1.82) is 0 Å². The van der Waals surface area contributed by atoms with Crippen LogP contribution < -0.4 is 10.6 Å². The molecule has 30 heavy (non-hydrogen) atoms. The van der Waals surface area contributed by atoms with Crippen LogP contribution in [-0.2, 0) is 10.9 Å². The Bertz CT molecular complexity index is 902. The molecule has 2 fully saturated rings. The van der Waals surface area contributed by atoms with Crippen LogP contribution in [-0.4, -0.2) is 41.3 Å². The molecule has 1 aliphatic heterocycles. The molecule has 0 radical (unpaired) electrons. The van der Waals surface area contributed by atoms with E-state index >= 15 is 0 Å². The van der Waals surface area contributed by atoms with E-state index in [1.54, 1.807) is 13.3 Å². The number of anilines is 2. The first kappa shape index (κ1) is 21.2. The minimum Gasteiger partial charge on any atom is -0.381 e. The second kappa shape index (κ2) is 8.22. The maximum Gasteiger partial charge on any atom is 0.434 e. The average Bonchev–Trinajstić information content (AvgIpc) is 3.12. The standard InChI is InChI=1S/C20H24F3N5OS/c1-29-13-4-5-19(11-13)6-9-28(10-7-19)15-12-26-18(17(24)27-15)30-14-3-2-8-25-16(14)20(21,22)23/h2-3,8,12-13H,4-7,9-11H2,1H3,(H2,24,27)/t13-/m0/s1. The van der Waals surface area contributed by atoms with Crippen LogP contribution in [0, 0.1) is 5.41 Å². The summed E-state index contributed by atoms with van der Waals surface area (Å²) < 4.78 is 45.0. The lowest BCUT2D eigenvalue weighted by atomic mass is 9.77. The third-order valence-corrected chi connectivity index (χ3v) is 7.19. The van der Waals surface area contributed by atoms with Gasteiger partial charge in [-0.3, -0.25) is 4.98 Å². The van der Waals surface area contributed by atoms with Gasteiger partial charge in [-0.05, 0) is 49.7 Å². The summed E-state index contributed by atoms with van der Waals surface area (Å²) >= 11 is 0.828. The number of nitrogens with two attached hydrogens (primary N) is 1. The molecule has 2 N–H and O–H groups in total. The second-order valence-corrected chi connectivity index (χ2v) is 8.99. The van der Waals surface area contributed by atoms with Gasteiger partial charge >= 0.3 is 6.18 Å². The Hall–Kier alpha value is -2.07. The molecule has 162 valence electrons. The first-order valence-corrected chi connectivity index (χ1v) is 10.7. The number of ether oxygens (including phenoxy) is 1. The van der Waals surface area contributed by atoms with E-state index in [4.69, 9.17) is 10.5 Å². The smallest absolute Gasteiger partial charge is 0.381 e. The molecule has 4 rings (SSSR count). The molecule has 2 aromatic heterocycles. The van der Waals surface area contributed by atoms with Crippen LogP contribution in [0.5, 0.6) is 0 Å². The second-order valence-electron chi connectivity index (χ2n) is 7.96. The highest BCUT2D eigenvalue weighted by Crippen LogP contribution is 2.47. The molecule has 1 atom stereocenters. The Morgan fingerprint density at radius 2 is 2.00 bits per heavy atom. The van der Waals surface area contributed by atoms with Crippen molar-refractivity contribution in [2.24, 2.45) is 5.41 Å². The molecular formula is C20H24F3N5OS. The largest absolute Gasteiger partial charge is 0.434 e. The summed E-state index contributed by atoms with van der Waals surface area (Å²) in [4.78, 5) is 14.3. The highest BCUT2D eigenvalue weighted by molar-refractivity contribution is 7.99. The van der Waals surface area contributed by atoms with Crippen molar-refractivity contribution in [2.45, 2.75) is 54.3 Å². The number of hydrogen-bond donors (Lipinski definition) is 1. The summed E-state index contributed by atoms with van der Waals surface area (Å²) in [6, 6.07) is 2.81. The Morgan fingerprint density at radius 1 is 1.23 bits per heavy atom. The number of nitrogen functional groups attached to an aromatic ring is 1. The molecule has 0 bridgehead atoms. The topological polar surface area (TPSA) is 77.2 Å². The van der Waals surface area contributed by atoms with Gasteiger partial charge in [0.05, 0.1) is 12.3 Å². The zero-order valence-corrected chi connectivity index (χ0v) is 17.5. The summed E-state index contributed by atoms with van der Waals surface area (Å²) in [6.45, 7) is 1.72. The van der Waals surface area contributed by atoms with Crippen molar-refractivity contribution < 1.29 is 17.9 Å². The van der Waals surface area contributed by atoms with Crippen molar-refractivity contribution in [1.82, 2.24) is 15.0 Å². The molecule has 0 aromatic carbocycles. The maximum atomic E-state index is 13.2. The lowest BCUT2D eigenvalue weighted by Crippen LogP contribution is -2.39. The maximum absolute atomic E-state index is 13.2. The Balaban J connectivity index is 1.45. The van der Waals surface area contributed by atoms with Crippen LogP contribution in [0.15, 0.2) is 34.4 Å². The van der Waals surface area contributed by atoms with Crippen molar-refractivity contribution in [3.63, 3.8) is 0 Å². The van der Waals surface area contributed by atoms with E-state index in [0.717, 1.165) is 56.7 Å². The molecule has 10 heteroatoms. The quantitative estimate of drug-likeness (QED) is 0.756. The summed E-state index contributed by atoms with van der Waals surface area (Å²) in [5.74, 6) is 0.783. The van der Waals surface area contributed by atoms with E-state index in [0.29, 0.717) is 17.3 Å². The van der Waals surface area contributed by atoms with Crippen LogP contribution in [0.2, 0.25) is 0 Å². The van der Waals surface area contributed by atoms with E-state index < -0.39 is 11.9 Å². The van der Waals surface area contributed by atoms with Crippen molar-refractivity contribution in [3.05, 3.63) is 30.2 Å². The van der Waals surface area contributed by atoms with Crippen LogP contribution in [0.4, 0.5) is 24.8 Å². The SMILES string of the molecule is CO[C@H]1CCC2(CCN(c3cnc(Sc4cccnc4C(F)(F)F)c(N)n3)CC2)C1. The van der Waals surface area contributed by atoms with E-state index in [1.165, 1.54) is 18.6 Å². The number of alkyl halides is 3. The molecule has 1 saturated heterocycles. The van der Waals surface area contributed by atoms with Gasteiger partial charge in [-0.2, -0.15) is 13.2 Å². The fourth-order valence-corrected chi connectivity index (χ4v) is 5.30. The van der Waals surface area contributed by atoms with E-state index in [-0.39, 0.29) is 15.7 Å². The fraction of sp³-hybridized carbons (Fsp3) is 0.550. The van der Waals surface area contributed by atoms with Crippen molar-refractivity contribution >= 4 is 23.4 Å². The fourth-order valence-electron chi connectivity index (χ4n) is 4.42. The zero-order chi connectivity index (χ0) is 21.4. The van der Waals surface area contributed by atoms with Gasteiger partial charge in [-0.25, -0.2) is 9.97 Å². The Kier molecular flexibility index (Phi) is 5.80. The van der Waals surface area contributed by atoms with E-state index in [2.05, 4.69) is 19.9 Å². The predicted octanol–water partition coefficient (Wildman–Crippen LogP) is 4.41. The third kappa shape index (κ3) is 4.34. The lowest BCUT2D eigenvalue weighted by molar-refractivity contribution is -0.143. The normalized spacial score (nSPS) is 21.3. The molecule has 3 heterocycles. The minimum absolute atomic E-state index is 0.0485. The highest BCUT2D eigenvalue weighted by atomic mass is 32.2. The molecule has 0 amide bonds. The van der Waals surface area contributed by atoms with Gasteiger partial charge in [0.25, 0.3) is 0 Å². The molecule has 1 spiro atoms. The first-order valence-electron chi connectivity index (χ1n) is 9.90. The Morgan fingerprint density at radius 3 is 2.63 bits per heavy atom. The number of halogens is 3. The van der Waals surface area contributed by atoms with Gasteiger partial charge in [-0.15, -0.1) is 0 Å². The minimum atomic E-state index is -4.54. The van der Waals surface area contributed by atoms with Crippen LogP contribution >= 0.6 is 11.8 Å². The lowest BCUT2D eigenvalue weighted by Gasteiger charge is -2.40. The van der Waals surface area contributed by atoms with Gasteiger partial charge in [0.1, 0.15) is 10.8 Å². The zero-order valence-electron chi connectivity index (χ0n) is 16.7. The van der Waals surface area contributed by atoms with E-state index in [1.807, 2.05) is 0 Å². The molecular weight excluding hydrogens is 415 g/mol. The summed E-state index contributed by atoms with van der Waals surface area (Å²) in [7, 11) is 1.78. The monoisotopic (exact) mass is 439 g/mol. The van der Waals surface area contributed by atoms with Gasteiger partial charge in [0, 0.05) is 31.3 Å². The van der Waals surface area contributed by atoms with Gasteiger partial charge in [0.2, 0.25) is 0 Å². The summed E-state index contributed by atoms with van der Waals surface area (Å²) in [5.41, 5.74) is 5.44. The number of pyridine rings is 1. The van der Waals surface area contributed by atoms with Crippen LogP contribution in [0.1, 0.15) is 37.8 Å². The average molecular weight is 440 g/mol. The molecule has 1 aliphatic carbocycles. The number of piperidine rings is 1. The number of rotatable bonds is 4. The van der Waals surface area contributed by atoms with Crippen LogP contribution in [0.3, 0.4) is 0 Å². The number of methoxy groups -OCH3 is 1. The highest BCUT2D eigenvalue weighted by Gasteiger charge is 2.41. The molecule has 6 nitrogen and oxygen atoms in total. The first-order chi connectivity index (χ1) is 14.3. The van der Waals surface area contributed by atoms with Gasteiger partial charge < -0.3 is 15.4 Å². The van der Waals surface area contributed by atoms with Crippen molar-refractivity contribution in [3.8, 4) is 0 Å². The number of hydrogen-bond acceptors (Lipinski definition) is 7. The van der Waals surface area contributed by atoms with Crippen LogP contribution in [0.25, 0.3) is 0 Å².